The first-order valence-corrected chi connectivity index (χ1v) is 9.38. The second-order valence-electron chi connectivity index (χ2n) is 7.21. The van der Waals surface area contributed by atoms with Crippen molar-refractivity contribution in [3.63, 3.8) is 0 Å². The molecule has 0 saturated carbocycles. The second kappa shape index (κ2) is 8.40. The van der Waals surface area contributed by atoms with Crippen molar-refractivity contribution in [2.75, 3.05) is 12.3 Å². The number of benzene rings is 2. The van der Waals surface area contributed by atoms with Gasteiger partial charge in [-0.1, -0.05) is 24.3 Å². The molecule has 0 aliphatic carbocycles. The molecule has 1 amide bonds. The van der Waals surface area contributed by atoms with Gasteiger partial charge in [-0.25, -0.2) is 4.40 Å². The number of nitrogen functional groups attached to an aromatic ring is 1. The van der Waals surface area contributed by atoms with E-state index in [4.69, 9.17) is 16.2 Å². The van der Waals surface area contributed by atoms with E-state index in [1.54, 1.807) is 30.5 Å². The van der Waals surface area contributed by atoms with E-state index in [1.807, 2.05) is 38.1 Å². The summed E-state index contributed by atoms with van der Waals surface area (Å²) >= 11 is 3.85. The van der Waals surface area contributed by atoms with Crippen molar-refractivity contribution in [2.24, 2.45) is 10.1 Å². The fourth-order valence-electron chi connectivity index (χ4n) is 2.96. The quantitative estimate of drug-likeness (QED) is 0.216. The lowest BCUT2D eigenvalue weighted by Crippen LogP contribution is -2.48. The van der Waals surface area contributed by atoms with Crippen LogP contribution in [0.4, 0.5) is 5.69 Å². The molecule has 0 unspecified atom stereocenters. The number of amidine groups is 1. The van der Waals surface area contributed by atoms with E-state index >= 15 is 0 Å². The first-order valence-electron chi connectivity index (χ1n) is 8.98. The van der Waals surface area contributed by atoms with Crippen molar-refractivity contribution in [2.45, 2.75) is 19.4 Å². The molecule has 5 N–H and O–H groups in total. The minimum atomic E-state index is -0.670. The highest BCUT2D eigenvalue weighted by Gasteiger charge is 2.24. The number of hydrogen-bond acceptors (Lipinski definition) is 6. The van der Waals surface area contributed by atoms with Gasteiger partial charge in [0.1, 0.15) is 18.2 Å². The Hall–Kier alpha value is -3.26. The molecule has 1 aromatic heterocycles. The number of nitrogens with zero attached hydrogens (tertiary/aromatic N) is 2. The number of nitrogens with two attached hydrogens (primary N) is 2. The highest BCUT2D eigenvalue weighted by molar-refractivity contribution is 7.79. The average molecular weight is 410 g/mol. The number of amides is 1. The van der Waals surface area contributed by atoms with Gasteiger partial charge in [-0.2, -0.15) is 0 Å². The first-order chi connectivity index (χ1) is 13.8. The zero-order chi connectivity index (χ0) is 21.0. The number of anilines is 1. The van der Waals surface area contributed by atoms with Crippen molar-refractivity contribution in [3.05, 3.63) is 65.9 Å². The summed E-state index contributed by atoms with van der Waals surface area (Å²) in [5.74, 6) is 0.421. The Balaban J connectivity index is 1.77. The number of aromatic nitrogens is 1. The molecule has 0 fully saturated rings. The van der Waals surface area contributed by atoms with Gasteiger partial charge in [-0.05, 0) is 50.9 Å². The second-order valence-corrected chi connectivity index (χ2v) is 7.41. The van der Waals surface area contributed by atoms with Crippen molar-refractivity contribution in [1.82, 2.24) is 10.3 Å². The number of hydrogen-bond donors (Lipinski definition) is 4. The van der Waals surface area contributed by atoms with E-state index in [1.165, 1.54) is 0 Å². The monoisotopic (exact) mass is 409 g/mol. The topological polar surface area (TPSA) is 116 Å². The highest BCUT2D eigenvalue weighted by atomic mass is 32.1. The van der Waals surface area contributed by atoms with E-state index < -0.39 is 5.54 Å². The summed E-state index contributed by atoms with van der Waals surface area (Å²) in [6, 6.07) is 14.4. The fourth-order valence-corrected chi connectivity index (χ4v) is 3.06. The van der Waals surface area contributed by atoms with Crippen molar-refractivity contribution in [1.29, 1.82) is 0 Å². The highest BCUT2D eigenvalue weighted by Crippen LogP contribution is 2.25. The molecule has 7 nitrogen and oxygen atoms in total. The van der Waals surface area contributed by atoms with Gasteiger partial charge >= 0.3 is 0 Å². The van der Waals surface area contributed by atoms with Gasteiger partial charge in [0, 0.05) is 17.3 Å². The predicted octanol–water partition coefficient (Wildman–Crippen LogP) is 2.95. The Kier molecular flexibility index (Phi) is 5.93. The zero-order valence-electron chi connectivity index (χ0n) is 16.2. The number of pyridine rings is 1. The molecule has 1 heterocycles. The Labute approximate surface area is 174 Å². The molecule has 29 heavy (non-hydrogen) atoms. The third-order valence-corrected chi connectivity index (χ3v) is 4.57. The third-order valence-electron chi connectivity index (χ3n) is 4.36. The van der Waals surface area contributed by atoms with Crippen LogP contribution in [0.5, 0.6) is 5.75 Å². The van der Waals surface area contributed by atoms with Gasteiger partial charge in [0.25, 0.3) is 5.91 Å². The molecule has 2 aromatic carbocycles. The number of nitrogens with one attached hydrogen (secondary N) is 1. The first kappa shape index (κ1) is 20.5. The Morgan fingerprint density at radius 2 is 1.97 bits per heavy atom. The summed E-state index contributed by atoms with van der Waals surface area (Å²) in [7, 11) is 0. The number of ether oxygens (including phenoxy) is 1. The molecule has 150 valence electrons. The Morgan fingerprint density at radius 3 is 2.72 bits per heavy atom. The summed E-state index contributed by atoms with van der Waals surface area (Å²) in [6.45, 7) is 3.94. The zero-order valence-corrected chi connectivity index (χ0v) is 17.1. The van der Waals surface area contributed by atoms with Crippen LogP contribution in [0.15, 0.2) is 59.1 Å². The molecular formula is C21H23N5O2S. The summed E-state index contributed by atoms with van der Waals surface area (Å²) in [4.78, 5) is 17.2. The maximum atomic E-state index is 12.9. The lowest BCUT2D eigenvalue weighted by molar-refractivity contribution is 0.0882. The van der Waals surface area contributed by atoms with Crippen molar-refractivity contribution < 1.29 is 9.53 Å². The fraction of sp³-hybridized carbons (Fsp3) is 0.190. The molecule has 0 spiro atoms. The molecule has 0 aliphatic rings. The van der Waals surface area contributed by atoms with Gasteiger partial charge in [0.05, 0.1) is 22.2 Å². The number of thiol groups is 1. The molecule has 0 radical (unpaired) electrons. The Morgan fingerprint density at radius 1 is 1.21 bits per heavy atom. The van der Waals surface area contributed by atoms with Crippen LogP contribution in [0.3, 0.4) is 0 Å². The van der Waals surface area contributed by atoms with Crippen LogP contribution < -0.4 is 21.5 Å². The van der Waals surface area contributed by atoms with E-state index in [9.17, 15) is 4.79 Å². The third kappa shape index (κ3) is 4.60. The summed E-state index contributed by atoms with van der Waals surface area (Å²) in [5.41, 5.74) is 13.4. The SMILES string of the molecule is CC(C)(COc1cccc(N)c1/C(N)=N\S)NC(=O)c1ccnc2ccccc12. The van der Waals surface area contributed by atoms with Crippen LogP contribution in [0.25, 0.3) is 10.9 Å². The summed E-state index contributed by atoms with van der Waals surface area (Å²) < 4.78 is 9.62. The smallest absolute Gasteiger partial charge is 0.252 e. The maximum absolute atomic E-state index is 12.9. The van der Waals surface area contributed by atoms with Crippen LogP contribution in [-0.4, -0.2) is 28.9 Å². The lowest BCUT2D eigenvalue weighted by Gasteiger charge is -2.27. The molecule has 3 aromatic rings. The lowest BCUT2D eigenvalue weighted by atomic mass is 10.0. The van der Waals surface area contributed by atoms with E-state index in [2.05, 4.69) is 27.5 Å². The van der Waals surface area contributed by atoms with E-state index in [-0.39, 0.29) is 18.3 Å². The van der Waals surface area contributed by atoms with Gasteiger partial charge in [0.2, 0.25) is 0 Å². The number of carbonyl (C=O) groups is 1. The van der Waals surface area contributed by atoms with Gasteiger partial charge < -0.3 is 21.5 Å². The molecule has 0 saturated heterocycles. The molecule has 0 atom stereocenters. The van der Waals surface area contributed by atoms with Gasteiger partial charge in [0.15, 0.2) is 0 Å². The van der Waals surface area contributed by atoms with Crippen LogP contribution in [0, 0.1) is 0 Å². The molecular weight excluding hydrogens is 386 g/mol. The molecule has 8 heteroatoms. The average Bonchev–Trinajstić information content (AvgIpc) is 2.71. The van der Waals surface area contributed by atoms with E-state index in [0.29, 0.717) is 22.6 Å². The minimum Gasteiger partial charge on any atom is -0.490 e. The normalized spacial score (nSPS) is 12.0. The Bertz CT molecular complexity index is 1080. The molecule has 0 bridgehead atoms. The number of para-hydroxylation sites is 1. The molecule has 0 aliphatic heterocycles. The van der Waals surface area contributed by atoms with Crippen LogP contribution in [0.2, 0.25) is 0 Å². The number of rotatable bonds is 6. The summed E-state index contributed by atoms with van der Waals surface area (Å²) in [5, 5.41) is 3.80. The van der Waals surface area contributed by atoms with Crippen LogP contribution in [0.1, 0.15) is 29.8 Å². The maximum Gasteiger partial charge on any atom is 0.252 e. The molecule has 3 rings (SSSR count). The predicted molar refractivity (Wildman–Crippen MR) is 119 cm³/mol. The van der Waals surface area contributed by atoms with Gasteiger partial charge in [-0.3, -0.25) is 9.78 Å². The number of carbonyl (C=O) groups excluding carboxylic acids is 1. The minimum absolute atomic E-state index is 0.159. The number of fused-ring (bicyclic) bond motifs is 1. The largest absolute Gasteiger partial charge is 0.490 e. The standard InChI is InChI=1S/C21H23N5O2S/c1-21(2,12-28-17-9-5-7-15(22)18(17)19(23)26-29)25-20(27)14-10-11-24-16-8-4-3-6-13(14)16/h3-11,29H,12,22H2,1-2H3,(H2,23,26)(H,25,27). The van der Waals surface area contributed by atoms with E-state index in [0.717, 1.165) is 10.9 Å². The van der Waals surface area contributed by atoms with Crippen molar-refractivity contribution in [3.8, 4) is 5.75 Å². The summed E-state index contributed by atoms with van der Waals surface area (Å²) in [6.07, 6.45) is 1.62. The van der Waals surface area contributed by atoms with Crippen LogP contribution in [-0.2, 0) is 0 Å². The van der Waals surface area contributed by atoms with Crippen LogP contribution >= 0.6 is 12.8 Å². The van der Waals surface area contributed by atoms with Gasteiger partial charge in [-0.15, -0.1) is 0 Å². The van der Waals surface area contributed by atoms with Crippen molar-refractivity contribution >= 4 is 41.1 Å².